The molecule has 0 spiro atoms. The quantitative estimate of drug-likeness (QED) is 0.359. The lowest BCUT2D eigenvalue weighted by Crippen LogP contribution is -2.30. The third kappa shape index (κ3) is 5.68. The normalized spacial score (nSPS) is 24.3. The van der Waals surface area contributed by atoms with Gasteiger partial charge in [0.15, 0.2) is 0 Å². The summed E-state index contributed by atoms with van der Waals surface area (Å²) in [7, 11) is 0. The van der Waals surface area contributed by atoms with Gasteiger partial charge in [0.25, 0.3) is 5.91 Å². The molecule has 0 aliphatic heterocycles. The second-order valence-corrected chi connectivity index (χ2v) is 7.93. The third-order valence-corrected chi connectivity index (χ3v) is 6.08. The summed E-state index contributed by atoms with van der Waals surface area (Å²) in [6.45, 7) is 12.0. The van der Waals surface area contributed by atoms with Crippen molar-refractivity contribution in [3.05, 3.63) is 47.5 Å². The van der Waals surface area contributed by atoms with Crippen LogP contribution in [0, 0.1) is 17.8 Å². The summed E-state index contributed by atoms with van der Waals surface area (Å²) in [5.41, 5.74) is 4.70. The molecule has 1 aromatic carbocycles. The zero-order chi connectivity index (χ0) is 19.1. The number of hydrogen-bond donors (Lipinski definition) is 3. The molecule has 0 heterocycles. The van der Waals surface area contributed by atoms with E-state index in [9.17, 15) is 4.79 Å². The van der Waals surface area contributed by atoms with Crippen LogP contribution in [0.15, 0.2) is 36.4 Å². The van der Waals surface area contributed by atoms with E-state index in [4.69, 9.17) is 5.21 Å². The van der Waals surface area contributed by atoms with Crippen LogP contribution in [0.4, 0.5) is 0 Å². The van der Waals surface area contributed by atoms with Gasteiger partial charge < -0.3 is 5.32 Å². The SMILES string of the molecule is C=C1CC(CCC(CC)NCc2ccc(C(=O)NO)cc2)CC(C)C1C. The topological polar surface area (TPSA) is 61.4 Å². The van der Waals surface area contributed by atoms with Crippen LogP contribution in [-0.4, -0.2) is 17.2 Å². The molecule has 4 heteroatoms. The highest BCUT2D eigenvalue weighted by Crippen LogP contribution is 2.38. The van der Waals surface area contributed by atoms with Gasteiger partial charge in [-0.3, -0.25) is 10.0 Å². The largest absolute Gasteiger partial charge is 0.310 e. The van der Waals surface area contributed by atoms with E-state index in [1.807, 2.05) is 12.1 Å². The van der Waals surface area contributed by atoms with Gasteiger partial charge in [-0.25, -0.2) is 5.48 Å². The minimum Gasteiger partial charge on any atom is -0.310 e. The van der Waals surface area contributed by atoms with Crippen LogP contribution in [-0.2, 0) is 6.54 Å². The average Bonchev–Trinajstić information content (AvgIpc) is 2.65. The van der Waals surface area contributed by atoms with Gasteiger partial charge >= 0.3 is 0 Å². The van der Waals surface area contributed by atoms with Crippen LogP contribution in [0.3, 0.4) is 0 Å². The van der Waals surface area contributed by atoms with E-state index in [1.54, 1.807) is 17.6 Å². The van der Waals surface area contributed by atoms with Gasteiger partial charge in [0.05, 0.1) is 0 Å². The first-order valence-electron chi connectivity index (χ1n) is 9.89. The Hall–Kier alpha value is -1.65. The van der Waals surface area contributed by atoms with Crippen molar-refractivity contribution in [3.63, 3.8) is 0 Å². The number of hydrogen-bond acceptors (Lipinski definition) is 3. The minimum atomic E-state index is -0.478. The van der Waals surface area contributed by atoms with Gasteiger partial charge in [0, 0.05) is 18.2 Å². The molecule has 0 saturated heterocycles. The highest BCUT2D eigenvalue weighted by molar-refractivity contribution is 5.93. The van der Waals surface area contributed by atoms with Crippen LogP contribution in [0.5, 0.6) is 0 Å². The molecule has 4 nitrogen and oxygen atoms in total. The van der Waals surface area contributed by atoms with Gasteiger partial charge in [-0.1, -0.05) is 45.1 Å². The van der Waals surface area contributed by atoms with Gasteiger partial charge in [-0.15, -0.1) is 0 Å². The summed E-state index contributed by atoms with van der Waals surface area (Å²) < 4.78 is 0. The maximum absolute atomic E-state index is 11.4. The molecule has 0 radical (unpaired) electrons. The fourth-order valence-electron chi connectivity index (χ4n) is 3.98. The highest BCUT2D eigenvalue weighted by atomic mass is 16.5. The Bertz CT molecular complexity index is 597. The number of carbonyl (C=O) groups is 1. The molecule has 26 heavy (non-hydrogen) atoms. The summed E-state index contributed by atoms with van der Waals surface area (Å²) in [6, 6.07) is 7.84. The molecule has 1 saturated carbocycles. The van der Waals surface area contributed by atoms with Gasteiger partial charge in [0.2, 0.25) is 0 Å². The standard InChI is InChI=1S/C22H34N2O2/c1-5-21(11-8-19-12-15(2)17(4)16(3)13-19)23-14-18-6-9-20(10-7-18)22(25)24-26/h6-7,9-10,16-17,19,21,23,26H,2,5,8,11-14H2,1,3-4H3,(H,24,25). The molecule has 1 aliphatic carbocycles. The zero-order valence-electron chi connectivity index (χ0n) is 16.4. The Morgan fingerprint density at radius 3 is 2.58 bits per heavy atom. The van der Waals surface area contributed by atoms with Crippen molar-refractivity contribution < 1.29 is 10.0 Å². The second-order valence-electron chi connectivity index (χ2n) is 7.93. The molecule has 3 N–H and O–H groups in total. The smallest absolute Gasteiger partial charge is 0.274 e. The highest BCUT2D eigenvalue weighted by Gasteiger charge is 2.27. The summed E-state index contributed by atoms with van der Waals surface area (Å²) in [5.74, 6) is 1.72. The first-order valence-corrected chi connectivity index (χ1v) is 9.89. The predicted molar refractivity (Wildman–Crippen MR) is 106 cm³/mol. The monoisotopic (exact) mass is 358 g/mol. The predicted octanol–water partition coefficient (Wildman–Crippen LogP) is 4.69. The van der Waals surface area contributed by atoms with Crippen molar-refractivity contribution in [1.29, 1.82) is 0 Å². The van der Waals surface area contributed by atoms with E-state index in [-0.39, 0.29) is 0 Å². The molecule has 4 atom stereocenters. The number of amides is 1. The first kappa shape index (κ1) is 20.7. The van der Waals surface area contributed by atoms with Crippen LogP contribution in [0.25, 0.3) is 0 Å². The molecule has 0 aromatic heterocycles. The van der Waals surface area contributed by atoms with Crippen molar-refractivity contribution in [2.45, 2.75) is 65.5 Å². The lowest BCUT2D eigenvalue weighted by Gasteiger charge is -2.34. The maximum Gasteiger partial charge on any atom is 0.274 e. The van der Waals surface area contributed by atoms with Crippen LogP contribution in [0.2, 0.25) is 0 Å². The number of carbonyl (C=O) groups excluding carboxylic acids is 1. The van der Waals surface area contributed by atoms with E-state index in [0.29, 0.717) is 17.5 Å². The van der Waals surface area contributed by atoms with Crippen LogP contribution < -0.4 is 10.8 Å². The minimum absolute atomic E-state index is 0.462. The van der Waals surface area contributed by atoms with Gasteiger partial charge in [-0.2, -0.15) is 0 Å². The molecule has 144 valence electrons. The van der Waals surface area contributed by atoms with Gasteiger partial charge in [-0.05, 0) is 67.6 Å². The van der Waals surface area contributed by atoms with Crippen molar-refractivity contribution in [2.24, 2.45) is 17.8 Å². The Labute approximate surface area is 158 Å². The molecule has 4 unspecified atom stereocenters. The van der Waals surface area contributed by atoms with E-state index >= 15 is 0 Å². The molecule has 2 rings (SSSR count). The van der Waals surface area contributed by atoms with E-state index < -0.39 is 5.91 Å². The number of benzene rings is 1. The Balaban J connectivity index is 1.78. The lowest BCUT2D eigenvalue weighted by atomic mass is 9.71. The number of allylic oxidation sites excluding steroid dienone is 1. The van der Waals surface area contributed by atoms with Crippen molar-refractivity contribution in [3.8, 4) is 0 Å². The molecule has 0 bridgehead atoms. The van der Waals surface area contributed by atoms with E-state index in [1.165, 1.54) is 31.3 Å². The van der Waals surface area contributed by atoms with Crippen molar-refractivity contribution >= 4 is 5.91 Å². The summed E-state index contributed by atoms with van der Waals surface area (Å²) in [4.78, 5) is 11.4. The zero-order valence-corrected chi connectivity index (χ0v) is 16.4. The fourth-order valence-corrected chi connectivity index (χ4v) is 3.98. The molecule has 1 fully saturated rings. The molecular formula is C22H34N2O2. The maximum atomic E-state index is 11.4. The number of hydroxylamine groups is 1. The summed E-state index contributed by atoms with van der Waals surface area (Å²) in [6.07, 6.45) is 6.09. The Morgan fingerprint density at radius 1 is 1.31 bits per heavy atom. The molecule has 1 aliphatic rings. The number of nitrogens with one attached hydrogen (secondary N) is 2. The average molecular weight is 359 g/mol. The summed E-state index contributed by atoms with van der Waals surface area (Å²) in [5, 5.41) is 12.3. The summed E-state index contributed by atoms with van der Waals surface area (Å²) >= 11 is 0. The lowest BCUT2D eigenvalue weighted by molar-refractivity contribution is 0.0706. The number of rotatable bonds is 8. The molecule has 1 amide bonds. The molecular weight excluding hydrogens is 324 g/mol. The van der Waals surface area contributed by atoms with Crippen LogP contribution >= 0.6 is 0 Å². The van der Waals surface area contributed by atoms with E-state index in [2.05, 4.69) is 32.7 Å². The van der Waals surface area contributed by atoms with Gasteiger partial charge in [0.1, 0.15) is 0 Å². The third-order valence-electron chi connectivity index (χ3n) is 6.08. The van der Waals surface area contributed by atoms with Crippen molar-refractivity contribution in [2.75, 3.05) is 0 Å². The second kappa shape index (κ2) is 9.89. The fraction of sp³-hybridized carbons (Fsp3) is 0.591. The first-order chi connectivity index (χ1) is 12.4. The van der Waals surface area contributed by atoms with E-state index in [0.717, 1.165) is 30.4 Å². The van der Waals surface area contributed by atoms with Crippen LogP contribution in [0.1, 0.15) is 68.8 Å². The Kier molecular flexibility index (Phi) is 7.85. The molecule has 1 aromatic rings. The van der Waals surface area contributed by atoms with Crippen molar-refractivity contribution in [1.82, 2.24) is 10.8 Å². The Morgan fingerprint density at radius 2 is 2.00 bits per heavy atom.